The van der Waals surface area contributed by atoms with Gasteiger partial charge in [0.15, 0.2) is 0 Å². The molecule has 2 N–H and O–H groups in total. The Bertz CT molecular complexity index is 350. The summed E-state index contributed by atoms with van der Waals surface area (Å²) >= 11 is 0. The van der Waals surface area contributed by atoms with Gasteiger partial charge in [-0.25, -0.2) is 0 Å². The van der Waals surface area contributed by atoms with Gasteiger partial charge < -0.3 is 15.0 Å². The van der Waals surface area contributed by atoms with Crippen molar-refractivity contribution in [1.29, 1.82) is 0 Å². The first-order chi connectivity index (χ1) is 15.6. The summed E-state index contributed by atoms with van der Waals surface area (Å²) in [5.74, 6) is 0. The number of nitrogens with zero attached hydrogens (tertiary/aromatic N) is 1. The van der Waals surface area contributed by atoms with E-state index in [4.69, 9.17) is 0 Å². The second-order valence-electron chi connectivity index (χ2n) is 9.90. The lowest BCUT2D eigenvalue weighted by atomic mass is 10.0. The minimum atomic E-state index is -0.332. The molecule has 0 aromatic heterocycles. The second-order valence-corrected chi connectivity index (χ2v) is 9.90. The summed E-state index contributed by atoms with van der Waals surface area (Å²) in [5, 5.41) is 21.0. The van der Waals surface area contributed by atoms with E-state index in [1.165, 1.54) is 89.9 Å². The molecule has 0 fully saturated rings. The van der Waals surface area contributed by atoms with Crippen LogP contribution in [-0.4, -0.2) is 53.2 Å². The number of unbranched alkanes of at least 4 members (excludes halogenated alkanes) is 15. The summed E-state index contributed by atoms with van der Waals surface area (Å²) in [6, 6.07) is 0. The van der Waals surface area contributed by atoms with E-state index in [-0.39, 0.29) is 12.2 Å². The topological polar surface area (TPSA) is 60.8 Å². The van der Waals surface area contributed by atoms with E-state index in [9.17, 15) is 15.0 Å². The fourth-order valence-electron chi connectivity index (χ4n) is 4.46. The Morgan fingerprint density at radius 2 is 0.969 bits per heavy atom. The zero-order valence-electron chi connectivity index (χ0n) is 21.7. The lowest BCUT2D eigenvalue weighted by molar-refractivity contribution is -0.108. The maximum atomic E-state index is 10.7. The van der Waals surface area contributed by atoms with Crippen LogP contribution in [0.4, 0.5) is 0 Å². The molecule has 0 amide bonds. The van der Waals surface area contributed by atoms with Crippen LogP contribution in [0, 0.1) is 0 Å². The van der Waals surface area contributed by atoms with Crippen LogP contribution in [0.5, 0.6) is 0 Å². The Labute approximate surface area is 200 Å². The molecule has 0 saturated heterocycles. The fourth-order valence-corrected chi connectivity index (χ4v) is 4.46. The van der Waals surface area contributed by atoms with Gasteiger partial charge in [-0.1, -0.05) is 117 Å². The number of rotatable bonds is 26. The minimum Gasteiger partial charge on any atom is -0.392 e. The third-order valence-electron chi connectivity index (χ3n) is 6.52. The molecule has 0 radical (unpaired) electrons. The molecule has 0 aromatic rings. The summed E-state index contributed by atoms with van der Waals surface area (Å²) in [4.78, 5) is 12.9. The molecule has 0 aliphatic heterocycles. The smallest absolute Gasteiger partial charge is 0.120 e. The number of hydrogen-bond acceptors (Lipinski definition) is 4. The lowest BCUT2D eigenvalue weighted by Crippen LogP contribution is -2.38. The van der Waals surface area contributed by atoms with Crippen LogP contribution in [0.2, 0.25) is 0 Å². The molecule has 0 aromatic carbocycles. The summed E-state index contributed by atoms with van der Waals surface area (Å²) in [7, 11) is 0. The van der Waals surface area contributed by atoms with Gasteiger partial charge in [-0.2, -0.15) is 0 Å². The van der Waals surface area contributed by atoms with Crippen molar-refractivity contribution < 1.29 is 15.0 Å². The van der Waals surface area contributed by atoms with Gasteiger partial charge in [0.2, 0.25) is 0 Å². The van der Waals surface area contributed by atoms with Crippen LogP contribution >= 0.6 is 0 Å². The quantitative estimate of drug-likeness (QED) is 0.108. The Morgan fingerprint density at radius 1 is 0.594 bits per heavy atom. The number of aliphatic hydroxyl groups excluding tert-OH is 2. The first-order valence-electron chi connectivity index (χ1n) is 14.2. The number of aldehydes is 1. The monoisotopic (exact) mass is 455 g/mol. The third kappa shape index (κ3) is 22.7. The van der Waals surface area contributed by atoms with Crippen molar-refractivity contribution in [1.82, 2.24) is 4.90 Å². The average molecular weight is 456 g/mol. The Kier molecular flexibility index (Phi) is 24.8. The highest BCUT2D eigenvalue weighted by molar-refractivity contribution is 5.48. The van der Waals surface area contributed by atoms with E-state index in [2.05, 4.69) is 18.7 Å². The van der Waals surface area contributed by atoms with Crippen molar-refractivity contribution in [2.24, 2.45) is 0 Å². The molecule has 0 rings (SSSR count). The lowest BCUT2D eigenvalue weighted by Gasteiger charge is -2.27. The molecule has 0 bridgehead atoms. The minimum absolute atomic E-state index is 0.332. The molecule has 0 aliphatic carbocycles. The largest absolute Gasteiger partial charge is 0.392 e. The molecule has 4 nitrogen and oxygen atoms in total. The molecule has 32 heavy (non-hydrogen) atoms. The number of carbonyl (C=O) groups excluding carboxylic acids is 1. The molecule has 192 valence electrons. The predicted molar refractivity (Wildman–Crippen MR) is 138 cm³/mol. The van der Waals surface area contributed by atoms with Crippen LogP contribution in [0.25, 0.3) is 0 Å². The maximum Gasteiger partial charge on any atom is 0.120 e. The Balaban J connectivity index is 3.98. The fraction of sp³-hybridized carbons (Fsp3) is 0.964. The highest BCUT2D eigenvalue weighted by atomic mass is 16.3. The highest BCUT2D eigenvalue weighted by Gasteiger charge is 2.15. The van der Waals surface area contributed by atoms with Crippen molar-refractivity contribution in [3.05, 3.63) is 0 Å². The zero-order chi connectivity index (χ0) is 23.7. The van der Waals surface area contributed by atoms with Gasteiger partial charge in [0.05, 0.1) is 12.2 Å². The average Bonchev–Trinajstić information content (AvgIpc) is 2.77. The van der Waals surface area contributed by atoms with Gasteiger partial charge in [-0.3, -0.25) is 4.90 Å². The molecule has 0 heterocycles. The van der Waals surface area contributed by atoms with Gasteiger partial charge in [0.1, 0.15) is 6.29 Å². The molecule has 0 saturated carbocycles. The second kappa shape index (κ2) is 25.2. The molecular formula is C28H57NO3. The van der Waals surface area contributed by atoms with Gasteiger partial charge in [0, 0.05) is 19.5 Å². The van der Waals surface area contributed by atoms with Gasteiger partial charge >= 0.3 is 0 Å². The Morgan fingerprint density at radius 3 is 1.34 bits per heavy atom. The molecule has 2 atom stereocenters. The van der Waals surface area contributed by atoms with E-state index >= 15 is 0 Å². The number of aliphatic hydroxyl groups is 2. The van der Waals surface area contributed by atoms with E-state index in [1.807, 2.05) is 0 Å². The van der Waals surface area contributed by atoms with Crippen molar-refractivity contribution in [2.45, 2.75) is 154 Å². The molecule has 0 aliphatic rings. The zero-order valence-corrected chi connectivity index (χ0v) is 21.7. The number of carbonyl (C=O) groups is 1. The standard InChI is InChI=1S/C28H57NO3/c1-3-5-7-9-11-13-15-17-21-27(31)25-29(23-19-20-24-30)26-28(32)22-18-16-14-12-10-8-6-4-2/h24,27-28,31-32H,3-23,25-26H2,1-2H3. The maximum absolute atomic E-state index is 10.7. The third-order valence-corrected chi connectivity index (χ3v) is 6.52. The van der Waals surface area contributed by atoms with Gasteiger partial charge in [-0.15, -0.1) is 0 Å². The van der Waals surface area contributed by atoms with E-state index in [1.54, 1.807) is 0 Å². The summed E-state index contributed by atoms with van der Waals surface area (Å²) < 4.78 is 0. The van der Waals surface area contributed by atoms with Crippen molar-refractivity contribution >= 4 is 6.29 Å². The van der Waals surface area contributed by atoms with E-state index in [0.29, 0.717) is 19.5 Å². The van der Waals surface area contributed by atoms with Gasteiger partial charge in [0.25, 0.3) is 0 Å². The van der Waals surface area contributed by atoms with Crippen LogP contribution < -0.4 is 0 Å². The van der Waals surface area contributed by atoms with Crippen molar-refractivity contribution in [2.75, 3.05) is 19.6 Å². The molecule has 2 unspecified atom stereocenters. The molecular weight excluding hydrogens is 398 g/mol. The van der Waals surface area contributed by atoms with E-state index < -0.39 is 0 Å². The summed E-state index contributed by atoms with van der Waals surface area (Å²) in [5.41, 5.74) is 0. The normalized spacial score (nSPS) is 13.5. The number of hydrogen-bond donors (Lipinski definition) is 2. The summed E-state index contributed by atoms with van der Waals surface area (Å²) in [6.45, 7) is 6.51. The van der Waals surface area contributed by atoms with Crippen LogP contribution in [-0.2, 0) is 4.79 Å². The molecule has 4 heteroatoms. The predicted octanol–water partition coefficient (Wildman–Crippen LogP) is 7.05. The van der Waals surface area contributed by atoms with Crippen LogP contribution in [0.1, 0.15) is 142 Å². The molecule has 0 spiro atoms. The summed E-state index contributed by atoms with van der Waals surface area (Å²) in [6.07, 6.45) is 23.8. The van der Waals surface area contributed by atoms with Crippen molar-refractivity contribution in [3.63, 3.8) is 0 Å². The van der Waals surface area contributed by atoms with E-state index in [0.717, 1.165) is 44.9 Å². The van der Waals surface area contributed by atoms with Gasteiger partial charge in [-0.05, 0) is 25.8 Å². The van der Waals surface area contributed by atoms with Crippen LogP contribution in [0.3, 0.4) is 0 Å². The Hall–Kier alpha value is -0.450. The highest BCUT2D eigenvalue weighted by Crippen LogP contribution is 2.14. The van der Waals surface area contributed by atoms with Crippen LogP contribution in [0.15, 0.2) is 0 Å². The first kappa shape index (κ1) is 31.6. The van der Waals surface area contributed by atoms with Crippen molar-refractivity contribution in [3.8, 4) is 0 Å². The SMILES string of the molecule is CCCCCCCCCCC(O)CN(CCCC=O)CC(O)CCCCCCCCCC. The first-order valence-corrected chi connectivity index (χ1v) is 14.2.